The van der Waals surface area contributed by atoms with Crippen molar-refractivity contribution < 1.29 is 9.59 Å². The lowest BCUT2D eigenvalue weighted by Crippen LogP contribution is -2.52. The Morgan fingerprint density at radius 2 is 2.13 bits per heavy atom. The van der Waals surface area contributed by atoms with E-state index >= 15 is 0 Å². The molecule has 5 heteroatoms. The lowest BCUT2D eigenvalue weighted by molar-refractivity contribution is -0.116. The van der Waals surface area contributed by atoms with E-state index in [0.717, 1.165) is 19.4 Å². The van der Waals surface area contributed by atoms with Crippen molar-refractivity contribution >= 4 is 11.8 Å². The second-order valence-corrected chi connectivity index (χ2v) is 4.02. The molecular weight excluding hydrogens is 194 g/mol. The van der Waals surface area contributed by atoms with Crippen molar-refractivity contribution in [2.45, 2.75) is 32.4 Å². The number of likely N-dealkylation sites (tertiary alicyclic amines) is 1. The van der Waals surface area contributed by atoms with Crippen molar-refractivity contribution in [1.29, 1.82) is 0 Å². The summed E-state index contributed by atoms with van der Waals surface area (Å²) in [7, 11) is 2.00. The SMILES string of the molecule is CC(=O)CNC(=O)NC1CCCCN1C. The van der Waals surface area contributed by atoms with Gasteiger partial charge in [-0.3, -0.25) is 9.69 Å². The monoisotopic (exact) mass is 213 g/mol. The first-order chi connectivity index (χ1) is 7.09. The van der Waals surface area contributed by atoms with Crippen LogP contribution in [-0.4, -0.2) is 43.0 Å². The highest BCUT2D eigenvalue weighted by molar-refractivity contribution is 5.83. The third kappa shape index (κ3) is 4.29. The maximum atomic E-state index is 11.4. The molecule has 0 saturated carbocycles. The fraction of sp³-hybridized carbons (Fsp3) is 0.800. The molecule has 1 unspecified atom stereocenters. The van der Waals surface area contributed by atoms with E-state index in [4.69, 9.17) is 0 Å². The Morgan fingerprint density at radius 1 is 1.40 bits per heavy atom. The van der Waals surface area contributed by atoms with E-state index in [2.05, 4.69) is 15.5 Å². The minimum absolute atomic E-state index is 0.0397. The van der Waals surface area contributed by atoms with Gasteiger partial charge in [0.15, 0.2) is 0 Å². The van der Waals surface area contributed by atoms with E-state index in [1.54, 1.807) is 0 Å². The highest BCUT2D eigenvalue weighted by atomic mass is 16.2. The summed E-state index contributed by atoms with van der Waals surface area (Å²) in [6.45, 7) is 2.56. The fourth-order valence-electron chi connectivity index (χ4n) is 1.66. The minimum atomic E-state index is -0.260. The van der Waals surface area contributed by atoms with Crippen LogP contribution in [0.2, 0.25) is 0 Å². The smallest absolute Gasteiger partial charge is 0.316 e. The Hall–Kier alpha value is -1.10. The topological polar surface area (TPSA) is 61.4 Å². The van der Waals surface area contributed by atoms with E-state index < -0.39 is 0 Å². The number of hydrogen-bond acceptors (Lipinski definition) is 3. The normalized spacial score (nSPS) is 22.1. The van der Waals surface area contributed by atoms with Crippen LogP contribution in [0.25, 0.3) is 0 Å². The molecule has 0 aliphatic carbocycles. The molecule has 2 amide bonds. The first kappa shape index (κ1) is 12.0. The molecule has 1 heterocycles. The molecule has 1 atom stereocenters. The van der Waals surface area contributed by atoms with E-state index in [1.165, 1.54) is 13.3 Å². The molecule has 15 heavy (non-hydrogen) atoms. The summed E-state index contributed by atoms with van der Waals surface area (Å²) < 4.78 is 0. The van der Waals surface area contributed by atoms with Gasteiger partial charge < -0.3 is 10.6 Å². The molecule has 1 saturated heterocycles. The summed E-state index contributed by atoms with van der Waals surface area (Å²) in [5, 5.41) is 5.37. The van der Waals surface area contributed by atoms with E-state index in [0.29, 0.717) is 0 Å². The Bertz CT molecular complexity index is 243. The van der Waals surface area contributed by atoms with Gasteiger partial charge in [0, 0.05) is 0 Å². The van der Waals surface area contributed by atoms with E-state index in [-0.39, 0.29) is 24.5 Å². The number of rotatable bonds is 3. The second kappa shape index (κ2) is 5.70. The van der Waals surface area contributed by atoms with Crippen LogP contribution in [0.5, 0.6) is 0 Å². The van der Waals surface area contributed by atoms with Gasteiger partial charge in [-0.2, -0.15) is 0 Å². The summed E-state index contributed by atoms with van der Waals surface area (Å²) >= 11 is 0. The molecule has 1 aliphatic rings. The van der Waals surface area contributed by atoms with Crippen molar-refractivity contribution in [3.8, 4) is 0 Å². The van der Waals surface area contributed by atoms with Gasteiger partial charge in [0.25, 0.3) is 0 Å². The lowest BCUT2D eigenvalue weighted by atomic mass is 10.1. The third-order valence-electron chi connectivity index (χ3n) is 2.57. The molecule has 1 fully saturated rings. The number of urea groups is 1. The van der Waals surface area contributed by atoms with Gasteiger partial charge in [0.05, 0.1) is 12.7 Å². The van der Waals surface area contributed by atoms with Gasteiger partial charge in [-0.05, 0) is 39.8 Å². The maximum Gasteiger partial charge on any atom is 0.316 e. The van der Waals surface area contributed by atoms with Crippen molar-refractivity contribution in [3.05, 3.63) is 0 Å². The predicted octanol–water partition coefficient (Wildman–Crippen LogP) is 0.316. The van der Waals surface area contributed by atoms with Crippen LogP contribution in [0, 0.1) is 0 Å². The van der Waals surface area contributed by atoms with Gasteiger partial charge in [0.2, 0.25) is 0 Å². The summed E-state index contributed by atoms with van der Waals surface area (Å²) in [6, 6.07) is -0.260. The van der Waals surface area contributed by atoms with Crippen LogP contribution in [0.3, 0.4) is 0 Å². The van der Waals surface area contributed by atoms with Crippen LogP contribution in [0.1, 0.15) is 26.2 Å². The second-order valence-electron chi connectivity index (χ2n) is 4.02. The number of piperidine rings is 1. The fourth-order valence-corrected chi connectivity index (χ4v) is 1.66. The molecule has 0 aromatic rings. The quantitative estimate of drug-likeness (QED) is 0.709. The standard InChI is InChI=1S/C10H19N3O2/c1-8(14)7-11-10(15)12-9-5-3-4-6-13(9)2/h9H,3-7H2,1-2H3,(H2,11,12,15). The first-order valence-corrected chi connectivity index (χ1v) is 5.33. The van der Waals surface area contributed by atoms with Crippen LogP contribution in [0.4, 0.5) is 4.79 Å². The van der Waals surface area contributed by atoms with Crippen LogP contribution >= 0.6 is 0 Å². The first-order valence-electron chi connectivity index (χ1n) is 5.33. The molecule has 5 nitrogen and oxygen atoms in total. The Balaban J connectivity index is 2.26. The molecule has 86 valence electrons. The van der Waals surface area contributed by atoms with Crippen LogP contribution in [-0.2, 0) is 4.79 Å². The zero-order chi connectivity index (χ0) is 11.3. The van der Waals surface area contributed by atoms with Crippen molar-refractivity contribution in [3.63, 3.8) is 0 Å². The zero-order valence-corrected chi connectivity index (χ0v) is 9.38. The van der Waals surface area contributed by atoms with Gasteiger partial charge >= 0.3 is 6.03 Å². The molecule has 2 N–H and O–H groups in total. The summed E-state index contributed by atoms with van der Waals surface area (Å²) in [4.78, 5) is 24.1. The number of hydrogen-bond donors (Lipinski definition) is 2. The zero-order valence-electron chi connectivity index (χ0n) is 9.38. The largest absolute Gasteiger partial charge is 0.331 e. The van der Waals surface area contributed by atoms with Crippen LogP contribution < -0.4 is 10.6 Å². The van der Waals surface area contributed by atoms with Crippen LogP contribution in [0.15, 0.2) is 0 Å². The number of carbonyl (C=O) groups excluding carboxylic acids is 2. The number of ketones is 1. The van der Waals surface area contributed by atoms with Gasteiger partial charge in [-0.1, -0.05) is 0 Å². The number of nitrogens with zero attached hydrogens (tertiary/aromatic N) is 1. The Kier molecular flexibility index (Phi) is 4.55. The number of carbonyl (C=O) groups is 2. The highest BCUT2D eigenvalue weighted by Gasteiger charge is 2.20. The van der Waals surface area contributed by atoms with Crippen molar-refractivity contribution in [2.75, 3.05) is 20.1 Å². The van der Waals surface area contributed by atoms with E-state index in [9.17, 15) is 9.59 Å². The molecule has 0 aromatic heterocycles. The summed E-state index contributed by atoms with van der Waals surface area (Å²) in [6.07, 6.45) is 3.40. The van der Waals surface area contributed by atoms with Gasteiger partial charge in [0.1, 0.15) is 5.78 Å². The minimum Gasteiger partial charge on any atom is -0.331 e. The summed E-state index contributed by atoms with van der Waals surface area (Å²) in [5.74, 6) is -0.0397. The van der Waals surface area contributed by atoms with Gasteiger partial charge in [-0.25, -0.2) is 4.79 Å². The maximum absolute atomic E-state index is 11.4. The predicted molar refractivity (Wildman–Crippen MR) is 57.5 cm³/mol. The summed E-state index contributed by atoms with van der Waals surface area (Å²) in [5.41, 5.74) is 0. The van der Waals surface area contributed by atoms with Crippen molar-refractivity contribution in [2.24, 2.45) is 0 Å². The Labute approximate surface area is 90.2 Å². The molecule has 0 radical (unpaired) electrons. The molecular formula is C10H19N3O2. The number of Topliss-reactive ketones (excluding diaryl/α,β-unsaturated/α-hetero) is 1. The highest BCUT2D eigenvalue weighted by Crippen LogP contribution is 2.12. The molecule has 1 rings (SSSR count). The third-order valence-corrected chi connectivity index (χ3v) is 2.57. The lowest BCUT2D eigenvalue weighted by Gasteiger charge is -2.32. The average Bonchev–Trinajstić information content (AvgIpc) is 2.18. The van der Waals surface area contributed by atoms with E-state index in [1.807, 2.05) is 7.05 Å². The number of nitrogens with one attached hydrogen (secondary N) is 2. The molecule has 1 aliphatic heterocycles. The Morgan fingerprint density at radius 3 is 2.73 bits per heavy atom. The molecule has 0 aromatic carbocycles. The van der Waals surface area contributed by atoms with Crippen molar-refractivity contribution in [1.82, 2.24) is 15.5 Å². The average molecular weight is 213 g/mol. The number of amides is 2. The van der Waals surface area contributed by atoms with Gasteiger partial charge in [-0.15, -0.1) is 0 Å². The molecule has 0 spiro atoms. The molecule has 0 bridgehead atoms.